The van der Waals surface area contributed by atoms with Crippen molar-refractivity contribution in [2.45, 2.75) is 88.7 Å². The van der Waals surface area contributed by atoms with Crippen LogP contribution in [0.1, 0.15) is 64.2 Å². The number of nitrogens with zero attached hydrogens (tertiary/aromatic N) is 1. The average Bonchev–Trinajstić information content (AvgIpc) is 3.05. The number of ether oxygens (including phenoxy) is 2. The molecule has 0 bridgehead atoms. The maximum Gasteiger partial charge on any atom is 0.100 e. The van der Waals surface area contributed by atoms with Crippen molar-refractivity contribution in [3.05, 3.63) is 0 Å². The lowest BCUT2D eigenvalue weighted by atomic mass is 9.93. The van der Waals surface area contributed by atoms with E-state index in [1.54, 1.807) is 0 Å². The molecule has 2 saturated carbocycles. The summed E-state index contributed by atoms with van der Waals surface area (Å²) in [7, 11) is 0. The first kappa shape index (κ1) is 16.7. The Morgan fingerprint density at radius 1 is 0.773 bits per heavy atom. The fraction of sp³-hybridized carbons (Fsp3) is 1.00. The maximum absolute atomic E-state index is 13.1. The van der Waals surface area contributed by atoms with Crippen LogP contribution in [0.5, 0.6) is 0 Å². The Kier molecular flexibility index (Phi) is 6.52. The first-order chi connectivity index (χ1) is 10.8. The van der Waals surface area contributed by atoms with Gasteiger partial charge in [0.15, 0.2) is 0 Å². The summed E-state index contributed by atoms with van der Waals surface area (Å²) in [4.78, 5) is 2.51. The number of hydrogen-bond acceptors (Lipinski definition) is 3. The van der Waals surface area contributed by atoms with Gasteiger partial charge in [-0.1, -0.05) is 0 Å². The van der Waals surface area contributed by atoms with E-state index in [9.17, 15) is 4.39 Å². The Bertz CT molecular complexity index is 306. The molecule has 0 amide bonds. The van der Waals surface area contributed by atoms with E-state index >= 15 is 0 Å². The van der Waals surface area contributed by atoms with Gasteiger partial charge in [0.25, 0.3) is 0 Å². The molecule has 2 aliphatic carbocycles. The molecule has 1 aliphatic heterocycles. The summed E-state index contributed by atoms with van der Waals surface area (Å²) in [5, 5.41) is 0. The molecule has 3 aliphatic rings. The van der Waals surface area contributed by atoms with Crippen LogP contribution in [0, 0.1) is 0 Å². The monoisotopic (exact) mass is 313 g/mol. The van der Waals surface area contributed by atoms with Gasteiger partial charge in [0.05, 0.1) is 24.9 Å². The molecule has 3 rings (SSSR count). The molecule has 0 aromatic heterocycles. The molecule has 1 heterocycles. The van der Waals surface area contributed by atoms with Gasteiger partial charge in [0.2, 0.25) is 0 Å². The molecule has 0 radical (unpaired) electrons. The zero-order valence-corrected chi connectivity index (χ0v) is 13.9. The molecule has 0 atom stereocenters. The summed E-state index contributed by atoms with van der Waals surface area (Å²) >= 11 is 0. The van der Waals surface area contributed by atoms with Crippen LogP contribution in [0.25, 0.3) is 0 Å². The predicted octanol–water partition coefficient (Wildman–Crippen LogP) is 3.71. The summed E-state index contributed by atoms with van der Waals surface area (Å²) in [5.74, 6) is 0. The van der Waals surface area contributed by atoms with E-state index in [4.69, 9.17) is 9.47 Å². The molecule has 0 N–H and O–H groups in total. The largest absolute Gasteiger partial charge is 0.377 e. The highest BCUT2D eigenvalue weighted by molar-refractivity contribution is 4.78. The minimum absolute atomic E-state index is 0.310. The van der Waals surface area contributed by atoms with Crippen LogP contribution in [0.4, 0.5) is 4.39 Å². The smallest absolute Gasteiger partial charge is 0.100 e. The normalized spacial score (nSPS) is 37.5. The quantitative estimate of drug-likeness (QED) is 0.746. The Hall–Kier alpha value is -0.190. The van der Waals surface area contributed by atoms with Crippen molar-refractivity contribution in [3.63, 3.8) is 0 Å². The molecule has 0 aromatic rings. The summed E-state index contributed by atoms with van der Waals surface area (Å²) in [6.45, 7) is 4.50. The van der Waals surface area contributed by atoms with Crippen molar-refractivity contribution >= 4 is 0 Å². The van der Waals surface area contributed by atoms with Crippen LogP contribution < -0.4 is 0 Å². The number of alkyl halides is 1. The molecule has 0 unspecified atom stereocenters. The minimum atomic E-state index is -0.584. The van der Waals surface area contributed by atoms with Crippen molar-refractivity contribution in [1.82, 2.24) is 4.90 Å². The second kappa shape index (κ2) is 8.60. The third-order valence-corrected chi connectivity index (χ3v) is 5.57. The van der Waals surface area contributed by atoms with Crippen LogP contribution in [0.3, 0.4) is 0 Å². The lowest BCUT2D eigenvalue weighted by Gasteiger charge is -2.33. The van der Waals surface area contributed by atoms with Gasteiger partial charge in [-0.15, -0.1) is 0 Å². The fourth-order valence-corrected chi connectivity index (χ4v) is 4.12. The van der Waals surface area contributed by atoms with Crippen LogP contribution in [-0.2, 0) is 9.47 Å². The van der Waals surface area contributed by atoms with Crippen molar-refractivity contribution in [1.29, 1.82) is 0 Å². The van der Waals surface area contributed by atoms with Crippen LogP contribution >= 0.6 is 0 Å². The van der Waals surface area contributed by atoms with E-state index in [0.717, 1.165) is 51.7 Å². The van der Waals surface area contributed by atoms with E-state index in [-0.39, 0.29) is 0 Å². The zero-order chi connectivity index (χ0) is 15.2. The molecular formula is C18H32FNO2. The summed E-state index contributed by atoms with van der Waals surface area (Å²) in [6, 6.07) is 0. The lowest BCUT2D eigenvalue weighted by Crippen LogP contribution is -2.33. The molecular weight excluding hydrogens is 281 g/mol. The van der Waals surface area contributed by atoms with Gasteiger partial charge in [-0.2, -0.15) is 0 Å². The minimum Gasteiger partial charge on any atom is -0.377 e. The van der Waals surface area contributed by atoms with Gasteiger partial charge in [-0.3, -0.25) is 0 Å². The summed E-state index contributed by atoms with van der Waals surface area (Å²) in [5.41, 5.74) is 0. The second-order valence-electron chi connectivity index (χ2n) is 7.33. The lowest BCUT2D eigenvalue weighted by molar-refractivity contribution is -0.0773. The Morgan fingerprint density at radius 3 is 1.95 bits per heavy atom. The van der Waals surface area contributed by atoms with Gasteiger partial charge in [0, 0.05) is 6.54 Å². The van der Waals surface area contributed by atoms with E-state index in [1.807, 2.05) is 0 Å². The zero-order valence-electron chi connectivity index (χ0n) is 13.9. The second-order valence-corrected chi connectivity index (χ2v) is 7.33. The van der Waals surface area contributed by atoms with Gasteiger partial charge in [0.1, 0.15) is 6.17 Å². The Morgan fingerprint density at radius 2 is 1.32 bits per heavy atom. The first-order valence-electron chi connectivity index (χ1n) is 9.43. The Labute approximate surface area is 134 Å². The molecule has 128 valence electrons. The molecule has 0 aromatic carbocycles. The van der Waals surface area contributed by atoms with Crippen molar-refractivity contribution in [2.75, 3.05) is 26.2 Å². The van der Waals surface area contributed by atoms with Gasteiger partial charge in [-0.05, 0) is 77.3 Å². The van der Waals surface area contributed by atoms with Crippen molar-refractivity contribution in [3.8, 4) is 0 Å². The van der Waals surface area contributed by atoms with Gasteiger partial charge >= 0.3 is 0 Å². The van der Waals surface area contributed by atoms with E-state index in [2.05, 4.69) is 4.90 Å². The molecule has 4 heteroatoms. The predicted molar refractivity (Wildman–Crippen MR) is 85.9 cm³/mol. The highest BCUT2D eigenvalue weighted by Gasteiger charge is 2.27. The van der Waals surface area contributed by atoms with E-state index < -0.39 is 6.17 Å². The molecule has 3 fully saturated rings. The summed E-state index contributed by atoms with van der Waals surface area (Å²) < 4.78 is 25.4. The average molecular weight is 313 g/mol. The summed E-state index contributed by atoms with van der Waals surface area (Å²) in [6.07, 6.45) is 11.0. The van der Waals surface area contributed by atoms with Crippen molar-refractivity contribution < 1.29 is 13.9 Å². The third kappa shape index (κ3) is 5.17. The molecule has 3 nitrogen and oxygen atoms in total. The van der Waals surface area contributed by atoms with Crippen molar-refractivity contribution in [2.24, 2.45) is 0 Å². The molecule has 22 heavy (non-hydrogen) atoms. The standard InChI is InChI=1S/C18H32FNO2/c19-15-3-5-17(6-4-15)22-18-9-7-16(8-10-18)21-14-13-20-11-1-2-12-20/h15-18H,1-14H2. The third-order valence-electron chi connectivity index (χ3n) is 5.57. The number of rotatable bonds is 6. The van der Waals surface area contributed by atoms with Gasteiger partial charge in [-0.25, -0.2) is 4.39 Å². The fourth-order valence-electron chi connectivity index (χ4n) is 4.12. The van der Waals surface area contributed by atoms with Crippen LogP contribution in [-0.4, -0.2) is 55.6 Å². The topological polar surface area (TPSA) is 21.7 Å². The molecule has 0 spiro atoms. The van der Waals surface area contributed by atoms with Crippen LogP contribution in [0.15, 0.2) is 0 Å². The first-order valence-corrected chi connectivity index (χ1v) is 9.43. The highest BCUT2D eigenvalue weighted by Crippen LogP contribution is 2.29. The highest BCUT2D eigenvalue weighted by atomic mass is 19.1. The van der Waals surface area contributed by atoms with Crippen LogP contribution in [0.2, 0.25) is 0 Å². The van der Waals surface area contributed by atoms with E-state index in [1.165, 1.54) is 25.9 Å². The molecule has 1 saturated heterocycles. The SMILES string of the molecule is FC1CCC(OC2CCC(OCCN3CCCC3)CC2)CC1. The van der Waals surface area contributed by atoms with Gasteiger partial charge < -0.3 is 14.4 Å². The number of likely N-dealkylation sites (tertiary alicyclic amines) is 1. The van der Waals surface area contributed by atoms with E-state index in [0.29, 0.717) is 31.2 Å². The maximum atomic E-state index is 13.1. The number of halogens is 1. The Balaban J connectivity index is 1.26. The number of hydrogen-bond donors (Lipinski definition) is 0.